The molecule has 3 heterocycles. The molecule has 3 aromatic rings. The van der Waals surface area contributed by atoms with Crippen molar-refractivity contribution in [1.29, 1.82) is 0 Å². The Morgan fingerprint density at radius 3 is 2.38 bits per heavy atom. The van der Waals surface area contributed by atoms with Crippen LogP contribution in [0.3, 0.4) is 0 Å². The zero-order valence-electron chi connectivity index (χ0n) is 13.6. The second kappa shape index (κ2) is 7.62. The number of nitrogens with two attached hydrogens (primary N) is 1. The molecule has 1 aliphatic heterocycles. The number of hydrogen-bond acceptors (Lipinski definition) is 9. The normalized spacial score (nSPS) is 25.0. The topological polar surface area (TPSA) is 160 Å². The number of nitrogen functional groups attached to an aromatic ring is 1. The van der Waals surface area contributed by atoms with E-state index in [0.717, 1.165) is 0 Å². The standard InChI is InChI=1S/C10H13N5O4.C6H6O/c11-8-5-9(13-2-12-8)15(3-14-5)10-7(18)6(17)4(1-16)19-10;7-6-4-2-1-3-5-6/h2-4,6-7,10,16-18H,1H2,(H2,11,12,13);1-5,7H/t4-,6-,7-,10-;/m1./s1. The zero-order valence-corrected chi connectivity index (χ0v) is 13.6. The second-order valence-electron chi connectivity index (χ2n) is 5.65. The Morgan fingerprint density at radius 2 is 1.81 bits per heavy atom. The van der Waals surface area contributed by atoms with Crippen LogP contribution in [-0.4, -0.2) is 64.9 Å². The number of fused-ring (bicyclic) bond motifs is 1. The van der Waals surface area contributed by atoms with Crippen LogP contribution in [0.5, 0.6) is 5.75 Å². The number of benzene rings is 1. The number of hydrogen-bond donors (Lipinski definition) is 5. The number of aromatic hydroxyl groups is 1. The van der Waals surface area contributed by atoms with E-state index >= 15 is 0 Å². The molecule has 10 heteroatoms. The number of imidazole rings is 1. The summed E-state index contributed by atoms with van der Waals surface area (Å²) in [6.45, 7) is -0.390. The first-order valence-electron chi connectivity index (χ1n) is 7.82. The van der Waals surface area contributed by atoms with E-state index in [1.807, 2.05) is 6.07 Å². The van der Waals surface area contributed by atoms with Gasteiger partial charge in [-0.25, -0.2) is 15.0 Å². The van der Waals surface area contributed by atoms with Gasteiger partial charge in [0.05, 0.1) is 12.9 Å². The van der Waals surface area contributed by atoms with E-state index in [9.17, 15) is 10.2 Å². The summed E-state index contributed by atoms with van der Waals surface area (Å²) in [6.07, 6.45) is -1.42. The van der Waals surface area contributed by atoms with Crippen molar-refractivity contribution in [1.82, 2.24) is 19.5 Å². The lowest BCUT2D eigenvalue weighted by Gasteiger charge is -2.16. The predicted octanol–water partition coefficient (Wildman–Crippen LogP) is -0.588. The molecule has 26 heavy (non-hydrogen) atoms. The molecule has 0 amide bonds. The summed E-state index contributed by atoms with van der Waals surface area (Å²) < 4.78 is 6.85. The Labute approximate surface area is 148 Å². The highest BCUT2D eigenvalue weighted by atomic mass is 16.6. The maximum Gasteiger partial charge on any atom is 0.167 e. The number of aliphatic hydroxyl groups excluding tert-OH is 3. The fraction of sp³-hybridized carbons (Fsp3) is 0.312. The van der Waals surface area contributed by atoms with Gasteiger partial charge in [0.15, 0.2) is 17.7 Å². The van der Waals surface area contributed by atoms with Crippen molar-refractivity contribution in [2.45, 2.75) is 24.5 Å². The van der Waals surface area contributed by atoms with Crippen molar-refractivity contribution in [3.05, 3.63) is 43.0 Å². The molecular formula is C16H19N5O5. The third kappa shape index (κ3) is 3.44. The van der Waals surface area contributed by atoms with Crippen molar-refractivity contribution in [2.24, 2.45) is 0 Å². The summed E-state index contributed by atoms with van der Waals surface area (Å²) in [6, 6.07) is 8.71. The molecule has 1 aromatic carbocycles. The van der Waals surface area contributed by atoms with Crippen LogP contribution in [0.25, 0.3) is 11.2 Å². The van der Waals surface area contributed by atoms with Gasteiger partial charge < -0.3 is 30.9 Å². The largest absolute Gasteiger partial charge is 0.508 e. The highest BCUT2D eigenvalue weighted by molar-refractivity contribution is 5.81. The Bertz CT molecular complexity index is 859. The Morgan fingerprint density at radius 1 is 1.08 bits per heavy atom. The quantitative estimate of drug-likeness (QED) is 0.402. The van der Waals surface area contributed by atoms with Crippen LogP contribution in [0.1, 0.15) is 6.23 Å². The molecule has 0 spiro atoms. The lowest BCUT2D eigenvalue weighted by Crippen LogP contribution is -2.33. The van der Waals surface area contributed by atoms with Crippen molar-refractivity contribution in [2.75, 3.05) is 12.3 Å². The van der Waals surface area contributed by atoms with Crippen molar-refractivity contribution in [3.63, 3.8) is 0 Å². The summed E-state index contributed by atoms with van der Waals surface area (Å²) in [7, 11) is 0. The third-order valence-electron chi connectivity index (χ3n) is 3.93. The van der Waals surface area contributed by atoms with Gasteiger partial charge in [0.1, 0.15) is 35.9 Å². The number of aromatic nitrogens is 4. The number of ether oxygens (including phenoxy) is 1. The van der Waals surface area contributed by atoms with Crippen molar-refractivity contribution < 1.29 is 25.2 Å². The second-order valence-corrected chi connectivity index (χ2v) is 5.65. The summed E-state index contributed by atoms with van der Waals surface area (Å²) >= 11 is 0. The molecule has 2 aromatic heterocycles. The van der Waals surface area contributed by atoms with Gasteiger partial charge in [-0.05, 0) is 12.1 Å². The molecule has 10 nitrogen and oxygen atoms in total. The first kappa shape index (κ1) is 18.0. The molecule has 4 atom stereocenters. The highest BCUT2D eigenvalue weighted by Gasteiger charge is 2.43. The maximum absolute atomic E-state index is 9.95. The van der Waals surface area contributed by atoms with E-state index in [4.69, 9.17) is 20.7 Å². The van der Waals surface area contributed by atoms with Gasteiger partial charge in [0.2, 0.25) is 0 Å². The van der Waals surface area contributed by atoms with Crippen LogP contribution in [0.15, 0.2) is 43.0 Å². The summed E-state index contributed by atoms with van der Waals surface area (Å²) in [5.41, 5.74) is 6.44. The van der Waals surface area contributed by atoms with E-state index in [0.29, 0.717) is 16.9 Å². The molecule has 0 aliphatic carbocycles. The zero-order chi connectivity index (χ0) is 18.7. The number of aliphatic hydroxyl groups is 3. The average molecular weight is 361 g/mol. The minimum atomic E-state index is -1.19. The fourth-order valence-corrected chi connectivity index (χ4v) is 2.59. The SMILES string of the molecule is Nc1ncnc2c1ncn2[C@@H]1O[C@H](CO)[C@@H](O)[C@H]1O.Oc1ccccc1. The highest BCUT2D eigenvalue weighted by Crippen LogP contribution is 2.31. The molecule has 4 rings (SSSR count). The molecule has 1 fully saturated rings. The Balaban J connectivity index is 0.000000236. The molecule has 1 saturated heterocycles. The lowest BCUT2D eigenvalue weighted by molar-refractivity contribution is -0.0511. The third-order valence-corrected chi connectivity index (χ3v) is 3.93. The molecular weight excluding hydrogens is 342 g/mol. The van der Waals surface area contributed by atoms with Crippen molar-refractivity contribution >= 4 is 17.0 Å². The fourth-order valence-electron chi connectivity index (χ4n) is 2.59. The molecule has 0 radical (unpaired) electrons. The monoisotopic (exact) mass is 361 g/mol. The van der Waals surface area contributed by atoms with Gasteiger partial charge in [0.25, 0.3) is 0 Å². The Kier molecular flexibility index (Phi) is 5.28. The predicted molar refractivity (Wildman–Crippen MR) is 90.9 cm³/mol. The molecule has 0 unspecified atom stereocenters. The Hall–Kier alpha value is -2.79. The van der Waals surface area contributed by atoms with E-state index in [-0.39, 0.29) is 5.82 Å². The van der Waals surface area contributed by atoms with Gasteiger partial charge in [-0.2, -0.15) is 0 Å². The van der Waals surface area contributed by atoms with Gasteiger partial charge in [-0.15, -0.1) is 0 Å². The van der Waals surface area contributed by atoms with E-state index in [1.54, 1.807) is 24.3 Å². The van der Waals surface area contributed by atoms with E-state index in [2.05, 4.69) is 15.0 Å². The summed E-state index contributed by atoms with van der Waals surface area (Å²) in [5.74, 6) is 0.540. The molecule has 6 N–H and O–H groups in total. The molecule has 0 bridgehead atoms. The lowest BCUT2D eigenvalue weighted by atomic mass is 10.1. The molecule has 0 saturated carbocycles. The number of para-hydroxylation sites is 1. The van der Waals surface area contributed by atoms with Gasteiger partial charge in [-0.1, -0.05) is 18.2 Å². The first-order valence-corrected chi connectivity index (χ1v) is 7.82. The van der Waals surface area contributed by atoms with Crippen LogP contribution in [0.4, 0.5) is 5.82 Å². The minimum absolute atomic E-state index is 0.218. The van der Waals surface area contributed by atoms with Gasteiger partial charge in [-0.3, -0.25) is 4.57 Å². The number of anilines is 1. The van der Waals surface area contributed by atoms with Crippen LogP contribution < -0.4 is 5.73 Å². The summed E-state index contributed by atoms with van der Waals surface area (Å²) in [5, 5.41) is 37.4. The number of nitrogens with zero attached hydrogens (tertiary/aromatic N) is 4. The maximum atomic E-state index is 9.95. The number of phenols is 1. The number of rotatable bonds is 2. The van der Waals surface area contributed by atoms with Crippen LogP contribution in [0, 0.1) is 0 Å². The van der Waals surface area contributed by atoms with Crippen molar-refractivity contribution in [3.8, 4) is 5.75 Å². The van der Waals surface area contributed by atoms with Crippen LogP contribution in [0.2, 0.25) is 0 Å². The van der Waals surface area contributed by atoms with Gasteiger partial charge in [0, 0.05) is 0 Å². The average Bonchev–Trinajstić information content (AvgIpc) is 3.19. The first-order chi connectivity index (χ1) is 12.5. The summed E-state index contributed by atoms with van der Waals surface area (Å²) in [4.78, 5) is 11.9. The van der Waals surface area contributed by atoms with E-state index < -0.39 is 31.1 Å². The van der Waals surface area contributed by atoms with Crippen LogP contribution >= 0.6 is 0 Å². The minimum Gasteiger partial charge on any atom is -0.508 e. The van der Waals surface area contributed by atoms with Crippen LogP contribution in [-0.2, 0) is 4.74 Å². The molecule has 1 aliphatic rings. The molecule has 138 valence electrons. The smallest absolute Gasteiger partial charge is 0.167 e. The van der Waals surface area contributed by atoms with E-state index in [1.165, 1.54) is 17.2 Å². The van der Waals surface area contributed by atoms with Gasteiger partial charge >= 0.3 is 0 Å². The number of phenolic OH excluding ortho intramolecular Hbond substituents is 1.